The number of phenols is 2. The van der Waals surface area contributed by atoms with Gasteiger partial charge < -0.3 is 20.4 Å². The van der Waals surface area contributed by atoms with Crippen molar-refractivity contribution in [3.63, 3.8) is 0 Å². The molecule has 6 nitrogen and oxygen atoms in total. The van der Waals surface area contributed by atoms with Crippen LogP contribution in [0, 0.1) is 0 Å². The van der Waals surface area contributed by atoms with Gasteiger partial charge in [-0.1, -0.05) is 49.2 Å². The second-order valence-corrected chi connectivity index (χ2v) is 7.37. The summed E-state index contributed by atoms with van der Waals surface area (Å²) < 4.78 is 0. The minimum atomic E-state index is -0.0880. The number of aliphatic hydroxyl groups is 2. The third kappa shape index (κ3) is 8.41. The highest BCUT2D eigenvalue weighted by atomic mass is 16.3. The molecule has 0 aromatic heterocycles. The normalized spacial score (nSPS) is 11.4. The smallest absolute Gasteiger partial charge is 0.120 e. The molecule has 0 radical (unpaired) electrons. The van der Waals surface area contributed by atoms with Crippen molar-refractivity contribution >= 4 is 0 Å². The first kappa shape index (κ1) is 23.2. The molecule has 2 aromatic carbocycles. The van der Waals surface area contributed by atoms with Crippen LogP contribution in [0.25, 0.3) is 0 Å². The number of benzene rings is 2. The van der Waals surface area contributed by atoms with Crippen LogP contribution in [0.2, 0.25) is 0 Å². The van der Waals surface area contributed by atoms with Crippen LogP contribution in [0.5, 0.6) is 11.5 Å². The van der Waals surface area contributed by atoms with Crippen LogP contribution in [0.3, 0.4) is 0 Å². The van der Waals surface area contributed by atoms with E-state index in [0.717, 1.165) is 49.9 Å². The Morgan fingerprint density at radius 2 is 1.10 bits per heavy atom. The zero-order valence-electron chi connectivity index (χ0n) is 17.1. The minimum absolute atomic E-state index is 0.0880. The van der Waals surface area contributed by atoms with Gasteiger partial charge in [0.2, 0.25) is 0 Å². The molecule has 6 heteroatoms. The molecule has 0 atom stereocenters. The van der Waals surface area contributed by atoms with Crippen LogP contribution >= 0.6 is 0 Å². The molecule has 0 aliphatic carbocycles. The van der Waals surface area contributed by atoms with Crippen molar-refractivity contribution in [2.45, 2.75) is 38.8 Å². The number of phenolic OH excluding ortho intramolecular Hbond substituents is 2. The van der Waals surface area contributed by atoms with E-state index in [4.69, 9.17) is 5.11 Å². The Kier molecular flexibility index (Phi) is 10.5. The number of para-hydroxylation sites is 2. The van der Waals surface area contributed by atoms with Crippen molar-refractivity contribution in [3.05, 3.63) is 59.7 Å². The average Bonchev–Trinajstić information content (AvgIpc) is 2.73. The molecule has 29 heavy (non-hydrogen) atoms. The largest absolute Gasteiger partial charge is 0.508 e. The second-order valence-electron chi connectivity index (χ2n) is 7.37. The van der Waals surface area contributed by atoms with Gasteiger partial charge >= 0.3 is 0 Å². The summed E-state index contributed by atoms with van der Waals surface area (Å²) in [5.41, 5.74) is 1.68. The lowest BCUT2D eigenvalue weighted by Gasteiger charge is -2.27. The number of hydrogen-bond donors (Lipinski definition) is 4. The van der Waals surface area contributed by atoms with E-state index >= 15 is 0 Å². The van der Waals surface area contributed by atoms with E-state index in [1.807, 2.05) is 35.2 Å². The average molecular weight is 403 g/mol. The summed E-state index contributed by atoms with van der Waals surface area (Å²) in [6.45, 7) is 3.54. The molecule has 0 unspecified atom stereocenters. The van der Waals surface area contributed by atoms with Gasteiger partial charge in [-0.2, -0.15) is 0 Å². The molecule has 0 amide bonds. The van der Waals surface area contributed by atoms with Gasteiger partial charge in [0.15, 0.2) is 0 Å². The number of aliphatic hydroxyl groups excluding tert-OH is 2. The fraction of sp³-hybridized carbons (Fsp3) is 0.478. The summed E-state index contributed by atoms with van der Waals surface area (Å²) in [7, 11) is 0. The van der Waals surface area contributed by atoms with E-state index in [1.54, 1.807) is 18.2 Å². The zero-order valence-corrected chi connectivity index (χ0v) is 17.1. The van der Waals surface area contributed by atoms with Gasteiger partial charge in [0, 0.05) is 43.9 Å². The third-order valence-electron chi connectivity index (χ3n) is 5.09. The summed E-state index contributed by atoms with van der Waals surface area (Å²) in [6, 6.07) is 14.5. The van der Waals surface area contributed by atoms with Crippen LogP contribution < -0.4 is 0 Å². The van der Waals surface area contributed by atoms with Crippen molar-refractivity contribution in [1.29, 1.82) is 0 Å². The number of unbranched alkanes of at least 4 members (excludes halogenated alkanes) is 3. The number of rotatable bonds is 14. The predicted octanol–water partition coefficient (Wildman–Crippen LogP) is 2.90. The summed E-state index contributed by atoms with van der Waals surface area (Å²) in [5, 5.41) is 38.8. The molecule has 2 rings (SSSR count). The number of aromatic hydroxyl groups is 2. The minimum Gasteiger partial charge on any atom is -0.508 e. The van der Waals surface area contributed by atoms with Gasteiger partial charge in [0.25, 0.3) is 0 Å². The maximum absolute atomic E-state index is 10.1. The molecular formula is C23H34N2O4. The molecule has 4 N–H and O–H groups in total. The molecule has 2 aromatic rings. The Morgan fingerprint density at radius 1 is 0.586 bits per heavy atom. The Bertz CT molecular complexity index is 711. The van der Waals surface area contributed by atoms with Gasteiger partial charge in [-0.25, -0.2) is 0 Å². The van der Waals surface area contributed by atoms with Crippen LogP contribution in [0.4, 0.5) is 0 Å². The van der Waals surface area contributed by atoms with Crippen molar-refractivity contribution in [1.82, 2.24) is 9.80 Å². The van der Waals surface area contributed by atoms with E-state index in [1.165, 1.54) is 0 Å². The second kappa shape index (κ2) is 13.2. The number of nitrogens with zero attached hydrogens (tertiary/aromatic N) is 2. The molecular weight excluding hydrogens is 368 g/mol. The summed E-state index contributed by atoms with van der Waals surface area (Å²) in [4.78, 5) is 4.17. The summed E-state index contributed by atoms with van der Waals surface area (Å²) in [5.74, 6) is 0.534. The lowest BCUT2D eigenvalue weighted by Crippen LogP contribution is -2.35. The maximum atomic E-state index is 10.1. The Hall–Kier alpha value is -2.12. The van der Waals surface area contributed by atoms with Crippen LogP contribution in [0.1, 0.15) is 36.8 Å². The van der Waals surface area contributed by atoms with Crippen molar-refractivity contribution < 1.29 is 20.4 Å². The molecule has 0 saturated carbocycles. The molecule has 0 spiro atoms. The molecule has 0 aliphatic rings. The van der Waals surface area contributed by atoms with E-state index in [2.05, 4.69) is 4.90 Å². The van der Waals surface area contributed by atoms with E-state index in [-0.39, 0.29) is 19.1 Å². The molecule has 0 heterocycles. The van der Waals surface area contributed by atoms with E-state index in [0.29, 0.717) is 25.4 Å². The van der Waals surface area contributed by atoms with Crippen LogP contribution in [-0.2, 0) is 13.1 Å². The summed E-state index contributed by atoms with van der Waals surface area (Å²) in [6.07, 6.45) is 3.92. The molecule has 0 fully saturated rings. The highest BCUT2D eigenvalue weighted by Crippen LogP contribution is 2.19. The maximum Gasteiger partial charge on any atom is 0.120 e. The quantitative estimate of drug-likeness (QED) is 0.287. The fourth-order valence-corrected chi connectivity index (χ4v) is 3.32. The standard InChI is InChI=1S/C23H34N2O4/c26-16-8-2-1-7-13-24(17-20-9-3-5-11-22(20)28)14-15-25(19-27)18-21-10-4-6-12-23(21)29/h3-6,9-12,26-29H,1-2,7-8,13-19H2. The monoisotopic (exact) mass is 402 g/mol. The first-order chi connectivity index (χ1) is 14.1. The Morgan fingerprint density at radius 3 is 1.66 bits per heavy atom. The van der Waals surface area contributed by atoms with Crippen molar-refractivity contribution in [2.75, 3.05) is 33.0 Å². The SMILES string of the molecule is OCCCCCCN(CCN(CO)Cc1ccccc1O)Cc1ccccc1O. The van der Waals surface area contributed by atoms with Crippen molar-refractivity contribution in [3.8, 4) is 11.5 Å². The van der Waals surface area contributed by atoms with Crippen LogP contribution in [0.15, 0.2) is 48.5 Å². The Balaban J connectivity index is 1.93. The zero-order chi connectivity index (χ0) is 20.9. The van der Waals surface area contributed by atoms with Gasteiger partial charge in [0.1, 0.15) is 11.5 Å². The van der Waals surface area contributed by atoms with Crippen LogP contribution in [-0.4, -0.2) is 63.2 Å². The Labute approximate surface area is 173 Å². The van der Waals surface area contributed by atoms with Gasteiger partial charge in [-0.3, -0.25) is 9.80 Å². The summed E-state index contributed by atoms with van der Waals surface area (Å²) >= 11 is 0. The van der Waals surface area contributed by atoms with E-state index < -0.39 is 0 Å². The fourth-order valence-electron chi connectivity index (χ4n) is 3.32. The first-order valence-corrected chi connectivity index (χ1v) is 10.3. The molecule has 0 aliphatic heterocycles. The molecule has 0 bridgehead atoms. The van der Waals surface area contributed by atoms with Crippen molar-refractivity contribution in [2.24, 2.45) is 0 Å². The van der Waals surface area contributed by atoms with E-state index in [9.17, 15) is 15.3 Å². The van der Waals surface area contributed by atoms with Gasteiger partial charge in [-0.15, -0.1) is 0 Å². The van der Waals surface area contributed by atoms with Gasteiger partial charge in [-0.05, 0) is 31.5 Å². The lowest BCUT2D eigenvalue weighted by molar-refractivity contribution is 0.0853. The lowest BCUT2D eigenvalue weighted by atomic mass is 10.1. The number of hydrogen-bond acceptors (Lipinski definition) is 6. The first-order valence-electron chi connectivity index (χ1n) is 10.3. The topological polar surface area (TPSA) is 87.4 Å². The predicted molar refractivity (Wildman–Crippen MR) is 115 cm³/mol. The molecule has 160 valence electrons. The highest BCUT2D eigenvalue weighted by Gasteiger charge is 2.13. The van der Waals surface area contributed by atoms with Gasteiger partial charge in [0.05, 0.1) is 6.73 Å². The molecule has 0 saturated heterocycles. The third-order valence-corrected chi connectivity index (χ3v) is 5.09. The highest BCUT2D eigenvalue weighted by molar-refractivity contribution is 5.32.